The molecule has 5 rings (SSSR count). The number of nitrogens with zero attached hydrogens (tertiary/aromatic N) is 2. The molecule has 2 aromatic carbocycles. The van der Waals surface area contributed by atoms with Gasteiger partial charge in [0.15, 0.2) is 0 Å². The minimum atomic E-state index is -0.0740. The summed E-state index contributed by atoms with van der Waals surface area (Å²) in [4.78, 5) is 31.0. The third-order valence-electron chi connectivity index (χ3n) is 7.67. The normalized spacial score (nSPS) is 25.4. The minimum Gasteiger partial charge on any atom is -0.335 e. The van der Waals surface area contributed by atoms with Crippen LogP contribution in [0, 0.1) is 12.8 Å². The summed E-state index contributed by atoms with van der Waals surface area (Å²) in [5, 5.41) is 3.28. The van der Waals surface area contributed by atoms with Gasteiger partial charge in [0.05, 0.1) is 18.0 Å². The number of hydrogen-bond donors (Lipinski definition) is 1. The molecular weight excluding hydrogens is 398 g/mol. The van der Waals surface area contributed by atoms with E-state index in [1.807, 2.05) is 11.0 Å². The van der Waals surface area contributed by atoms with Gasteiger partial charge < -0.3 is 15.1 Å². The van der Waals surface area contributed by atoms with Crippen molar-refractivity contribution >= 4 is 11.9 Å². The molecule has 2 saturated heterocycles. The summed E-state index contributed by atoms with van der Waals surface area (Å²) in [7, 11) is 0. The summed E-state index contributed by atoms with van der Waals surface area (Å²) in [5.74, 6) is 0.166. The quantitative estimate of drug-likeness (QED) is 0.761. The van der Waals surface area contributed by atoms with Crippen molar-refractivity contribution in [2.24, 2.45) is 5.92 Å². The lowest BCUT2D eigenvalue weighted by Crippen LogP contribution is -2.61. The number of nitrogens with one attached hydrogen (secondary N) is 1. The second kappa shape index (κ2) is 8.61. The molecule has 3 aliphatic rings. The number of rotatable bonds is 3. The van der Waals surface area contributed by atoms with Crippen molar-refractivity contribution in [3.63, 3.8) is 0 Å². The van der Waals surface area contributed by atoms with Crippen molar-refractivity contribution < 1.29 is 9.59 Å². The SMILES string of the molecule is CC[C@@H](NC(=O)N1CCC[C@H]2C(=O)N3CCc4ccccc4[C@@H]3C[C@H]21)c1cccc(C)c1. The topological polar surface area (TPSA) is 52.7 Å². The monoisotopic (exact) mass is 431 g/mol. The van der Waals surface area contributed by atoms with Crippen LogP contribution in [0.3, 0.4) is 0 Å². The highest BCUT2D eigenvalue weighted by Crippen LogP contribution is 2.43. The van der Waals surface area contributed by atoms with Crippen LogP contribution in [0.2, 0.25) is 0 Å². The van der Waals surface area contributed by atoms with E-state index in [0.29, 0.717) is 0 Å². The van der Waals surface area contributed by atoms with Gasteiger partial charge in [0, 0.05) is 19.1 Å². The first kappa shape index (κ1) is 21.0. The fourth-order valence-corrected chi connectivity index (χ4v) is 6.04. The maximum Gasteiger partial charge on any atom is 0.318 e. The number of likely N-dealkylation sites (tertiary alicyclic amines) is 1. The Hall–Kier alpha value is -2.82. The maximum absolute atomic E-state index is 13.5. The molecule has 4 atom stereocenters. The summed E-state index contributed by atoms with van der Waals surface area (Å²) < 4.78 is 0. The van der Waals surface area contributed by atoms with E-state index >= 15 is 0 Å². The Bertz CT molecular complexity index is 1020. The molecular formula is C27H33N3O2. The van der Waals surface area contributed by atoms with Gasteiger partial charge in [-0.15, -0.1) is 0 Å². The molecule has 2 fully saturated rings. The predicted molar refractivity (Wildman–Crippen MR) is 125 cm³/mol. The zero-order chi connectivity index (χ0) is 22.2. The molecule has 3 amide bonds. The molecule has 3 heterocycles. The highest BCUT2D eigenvalue weighted by atomic mass is 16.2. The van der Waals surface area contributed by atoms with Crippen molar-refractivity contribution in [3.8, 4) is 0 Å². The minimum absolute atomic E-state index is 0.0195. The lowest BCUT2D eigenvalue weighted by atomic mass is 9.76. The highest BCUT2D eigenvalue weighted by Gasteiger charge is 2.48. The van der Waals surface area contributed by atoms with Gasteiger partial charge >= 0.3 is 6.03 Å². The third-order valence-corrected chi connectivity index (χ3v) is 7.67. The number of amides is 3. The molecule has 0 saturated carbocycles. The Morgan fingerprint density at radius 1 is 1.16 bits per heavy atom. The molecule has 0 unspecified atom stereocenters. The second-order valence-corrected chi connectivity index (χ2v) is 9.57. The van der Waals surface area contributed by atoms with Gasteiger partial charge in [-0.05, 0) is 55.7 Å². The Morgan fingerprint density at radius 3 is 2.81 bits per heavy atom. The van der Waals surface area contributed by atoms with E-state index in [4.69, 9.17) is 0 Å². The first-order chi connectivity index (χ1) is 15.6. The molecule has 0 radical (unpaired) electrons. The van der Waals surface area contributed by atoms with Gasteiger partial charge in [0.25, 0.3) is 0 Å². The summed E-state index contributed by atoms with van der Waals surface area (Å²) in [6.07, 6.45) is 4.36. The molecule has 0 spiro atoms. The number of piperidine rings is 2. The van der Waals surface area contributed by atoms with Gasteiger partial charge in [-0.25, -0.2) is 4.79 Å². The van der Waals surface area contributed by atoms with Gasteiger partial charge in [0.2, 0.25) is 5.91 Å². The van der Waals surface area contributed by atoms with E-state index in [1.54, 1.807) is 0 Å². The number of benzene rings is 2. The van der Waals surface area contributed by atoms with Crippen LogP contribution in [0.5, 0.6) is 0 Å². The molecule has 2 aromatic rings. The molecule has 0 bridgehead atoms. The summed E-state index contributed by atoms with van der Waals surface area (Å²) in [5.41, 5.74) is 4.95. The standard InChI is InChI=1S/C27H33N3O2/c1-3-23(20-10-6-8-18(2)16-20)28-27(32)30-14-7-12-22-25(30)17-24-21-11-5-4-9-19(21)13-15-29(24)26(22)31/h4-6,8-11,16,22-25H,3,7,12-15,17H2,1-2H3,(H,28,32)/t22-,23-,24+,25-/m1/s1. The fraction of sp³-hybridized carbons (Fsp3) is 0.481. The summed E-state index contributed by atoms with van der Waals surface area (Å²) in [6.45, 7) is 5.70. The van der Waals surface area contributed by atoms with Crippen molar-refractivity contribution in [1.82, 2.24) is 15.1 Å². The molecule has 5 nitrogen and oxygen atoms in total. The second-order valence-electron chi connectivity index (χ2n) is 9.57. The van der Waals surface area contributed by atoms with E-state index in [1.165, 1.54) is 16.7 Å². The average Bonchev–Trinajstić information content (AvgIpc) is 2.82. The van der Waals surface area contributed by atoms with Crippen LogP contribution in [0.1, 0.15) is 66.9 Å². The number of carbonyl (C=O) groups is 2. The first-order valence-electron chi connectivity index (χ1n) is 12.1. The lowest BCUT2D eigenvalue weighted by Gasteiger charge is -2.51. The van der Waals surface area contributed by atoms with E-state index < -0.39 is 0 Å². The number of aryl methyl sites for hydroxylation is 1. The van der Waals surface area contributed by atoms with E-state index in [-0.39, 0.29) is 36.0 Å². The largest absolute Gasteiger partial charge is 0.335 e. The van der Waals surface area contributed by atoms with Crippen LogP contribution in [0.15, 0.2) is 48.5 Å². The van der Waals surface area contributed by atoms with Crippen molar-refractivity contribution in [3.05, 3.63) is 70.8 Å². The van der Waals surface area contributed by atoms with Crippen molar-refractivity contribution in [1.29, 1.82) is 0 Å². The highest BCUT2D eigenvalue weighted by molar-refractivity contribution is 5.83. The summed E-state index contributed by atoms with van der Waals surface area (Å²) in [6, 6.07) is 16.9. The lowest BCUT2D eigenvalue weighted by molar-refractivity contribution is -0.148. The number of urea groups is 1. The number of fused-ring (bicyclic) bond motifs is 4. The smallest absolute Gasteiger partial charge is 0.318 e. The Kier molecular flexibility index (Phi) is 5.66. The maximum atomic E-state index is 13.5. The molecule has 0 aromatic heterocycles. The average molecular weight is 432 g/mol. The molecule has 5 heteroatoms. The van der Waals surface area contributed by atoms with Crippen LogP contribution in [0.25, 0.3) is 0 Å². The molecule has 0 aliphatic carbocycles. The Morgan fingerprint density at radius 2 is 2.00 bits per heavy atom. The number of carbonyl (C=O) groups excluding carboxylic acids is 2. The van der Waals surface area contributed by atoms with E-state index in [9.17, 15) is 9.59 Å². The van der Waals surface area contributed by atoms with Gasteiger partial charge in [-0.1, -0.05) is 61.0 Å². The molecule has 1 N–H and O–H groups in total. The molecule has 168 valence electrons. The zero-order valence-electron chi connectivity index (χ0n) is 19.1. The van der Waals surface area contributed by atoms with Crippen molar-refractivity contribution in [2.75, 3.05) is 13.1 Å². The van der Waals surface area contributed by atoms with Crippen LogP contribution < -0.4 is 5.32 Å². The van der Waals surface area contributed by atoms with Gasteiger partial charge in [0.1, 0.15) is 0 Å². The number of hydrogen-bond acceptors (Lipinski definition) is 2. The first-order valence-corrected chi connectivity index (χ1v) is 12.1. The van der Waals surface area contributed by atoms with Crippen LogP contribution >= 0.6 is 0 Å². The summed E-state index contributed by atoms with van der Waals surface area (Å²) >= 11 is 0. The molecule has 32 heavy (non-hydrogen) atoms. The Labute approximate surface area is 190 Å². The van der Waals surface area contributed by atoms with Gasteiger partial charge in [-0.2, -0.15) is 0 Å². The van der Waals surface area contributed by atoms with Crippen LogP contribution in [0.4, 0.5) is 4.79 Å². The zero-order valence-corrected chi connectivity index (χ0v) is 19.1. The van der Waals surface area contributed by atoms with E-state index in [0.717, 1.165) is 50.8 Å². The molecule has 3 aliphatic heterocycles. The van der Waals surface area contributed by atoms with E-state index in [2.05, 4.69) is 66.5 Å². The Balaban J connectivity index is 1.38. The third kappa shape index (κ3) is 3.68. The predicted octanol–water partition coefficient (Wildman–Crippen LogP) is 4.77. The van der Waals surface area contributed by atoms with Crippen molar-refractivity contribution in [2.45, 2.75) is 64.1 Å². The fourth-order valence-electron chi connectivity index (χ4n) is 6.04. The van der Waals surface area contributed by atoms with Crippen LogP contribution in [-0.2, 0) is 11.2 Å². The van der Waals surface area contributed by atoms with Gasteiger partial charge in [-0.3, -0.25) is 4.79 Å². The van der Waals surface area contributed by atoms with Crippen LogP contribution in [-0.4, -0.2) is 40.9 Å².